The van der Waals surface area contributed by atoms with Gasteiger partial charge in [-0.3, -0.25) is 4.79 Å². The fourth-order valence-corrected chi connectivity index (χ4v) is 2.07. The first kappa shape index (κ1) is 16.2. The van der Waals surface area contributed by atoms with Gasteiger partial charge in [0.2, 0.25) is 0 Å². The SMILES string of the molecule is COC(=O)CC[C@H](NC(=O)N1CCC(CN)C1)C(=O)O. The largest absolute Gasteiger partial charge is 0.480 e. The first-order valence-electron chi connectivity index (χ1n) is 6.53. The summed E-state index contributed by atoms with van der Waals surface area (Å²) >= 11 is 0. The summed E-state index contributed by atoms with van der Waals surface area (Å²) in [5, 5.41) is 11.5. The van der Waals surface area contributed by atoms with Crippen LogP contribution in [-0.4, -0.2) is 60.8 Å². The summed E-state index contributed by atoms with van der Waals surface area (Å²) in [5.74, 6) is -1.41. The van der Waals surface area contributed by atoms with E-state index in [1.165, 1.54) is 7.11 Å². The molecule has 8 heteroatoms. The molecule has 0 aliphatic carbocycles. The maximum Gasteiger partial charge on any atom is 0.326 e. The van der Waals surface area contributed by atoms with Gasteiger partial charge in [0, 0.05) is 19.5 Å². The number of carboxylic acids is 1. The number of likely N-dealkylation sites (tertiary alicyclic amines) is 1. The van der Waals surface area contributed by atoms with Crippen LogP contribution in [-0.2, 0) is 14.3 Å². The number of amides is 2. The van der Waals surface area contributed by atoms with Gasteiger partial charge in [-0.15, -0.1) is 0 Å². The van der Waals surface area contributed by atoms with Crippen molar-refractivity contribution in [3.05, 3.63) is 0 Å². The van der Waals surface area contributed by atoms with Crippen LogP contribution in [0.15, 0.2) is 0 Å². The van der Waals surface area contributed by atoms with Crippen LogP contribution in [0.3, 0.4) is 0 Å². The van der Waals surface area contributed by atoms with Gasteiger partial charge in [0.15, 0.2) is 0 Å². The number of nitrogens with two attached hydrogens (primary N) is 1. The minimum atomic E-state index is -1.17. The van der Waals surface area contributed by atoms with Crippen molar-refractivity contribution in [3.8, 4) is 0 Å². The van der Waals surface area contributed by atoms with Gasteiger partial charge >= 0.3 is 18.0 Å². The number of aliphatic carboxylic acids is 1. The number of nitrogens with one attached hydrogen (secondary N) is 1. The van der Waals surface area contributed by atoms with E-state index in [4.69, 9.17) is 10.8 Å². The summed E-state index contributed by atoms with van der Waals surface area (Å²) < 4.78 is 4.44. The number of ether oxygens (including phenoxy) is 1. The zero-order valence-electron chi connectivity index (χ0n) is 11.5. The van der Waals surface area contributed by atoms with Crippen LogP contribution in [0, 0.1) is 5.92 Å². The maximum absolute atomic E-state index is 11.9. The normalized spacial score (nSPS) is 19.5. The molecule has 0 radical (unpaired) electrons. The van der Waals surface area contributed by atoms with Gasteiger partial charge in [-0.1, -0.05) is 0 Å². The van der Waals surface area contributed by atoms with Crippen molar-refractivity contribution >= 4 is 18.0 Å². The molecule has 114 valence electrons. The van der Waals surface area contributed by atoms with Crippen LogP contribution in [0.1, 0.15) is 19.3 Å². The van der Waals surface area contributed by atoms with E-state index in [0.29, 0.717) is 19.6 Å². The Labute approximate surface area is 117 Å². The molecular weight excluding hydrogens is 266 g/mol. The average molecular weight is 287 g/mol. The summed E-state index contributed by atoms with van der Waals surface area (Å²) in [6.45, 7) is 1.61. The van der Waals surface area contributed by atoms with Crippen LogP contribution in [0.2, 0.25) is 0 Å². The lowest BCUT2D eigenvalue weighted by atomic mass is 10.1. The number of nitrogens with zero attached hydrogens (tertiary/aromatic N) is 1. The number of carboxylic acid groups (broad SMARTS) is 1. The van der Waals surface area contributed by atoms with Gasteiger partial charge in [-0.25, -0.2) is 9.59 Å². The number of hydrogen-bond acceptors (Lipinski definition) is 5. The number of carbonyl (C=O) groups excluding carboxylic acids is 2. The number of urea groups is 1. The van der Waals surface area contributed by atoms with Crippen LogP contribution in [0.5, 0.6) is 0 Å². The Bertz CT molecular complexity index is 374. The van der Waals surface area contributed by atoms with E-state index in [-0.39, 0.29) is 18.8 Å². The van der Waals surface area contributed by atoms with Crippen molar-refractivity contribution in [2.24, 2.45) is 11.7 Å². The summed E-state index contributed by atoms with van der Waals surface area (Å²) in [5.41, 5.74) is 5.54. The van der Waals surface area contributed by atoms with E-state index >= 15 is 0 Å². The molecule has 0 bridgehead atoms. The molecule has 0 aromatic heterocycles. The lowest BCUT2D eigenvalue weighted by molar-refractivity contribution is -0.142. The molecule has 0 saturated carbocycles. The van der Waals surface area contributed by atoms with Crippen LogP contribution in [0.25, 0.3) is 0 Å². The number of carbonyl (C=O) groups is 3. The Kier molecular flexibility index (Phi) is 6.23. The van der Waals surface area contributed by atoms with Crippen molar-refractivity contribution in [3.63, 3.8) is 0 Å². The molecule has 2 amide bonds. The Balaban J connectivity index is 2.47. The third-order valence-electron chi connectivity index (χ3n) is 3.37. The predicted molar refractivity (Wildman–Crippen MR) is 69.9 cm³/mol. The van der Waals surface area contributed by atoms with Gasteiger partial charge in [0.25, 0.3) is 0 Å². The Morgan fingerprint density at radius 3 is 2.70 bits per heavy atom. The van der Waals surface area contributed by atoms with E-state index in [1.54, 1.807) is 4.90 Å². The monoisotopic (exact) mass is 287 g/mol. The average Bonchev–Trinajstić information content (AvgIpc) is 2.91. The molecule has 20 heavy (non-hydrogen) atoms. The molecule has 0 spiro atoms. The highest BCUT2D eigenvalue weighted by Gasteiger charge is 2.28. The first-order chi connectivity index (χ1) is 9.47. The highest BCUT2D eigenvalue weighted by molar-refractivity contribution is 5.83. The zero-order valence-corrected chi connectivity index (χ0v) is 11.5. The summed E-state index contributed by atoms with van der Waals surface area (Å²) in [4.78, 5) is 35.6. The second-order valence-electron chi connectivity index (χ2n) is 4.79. The molecule has 1 aliphatic rings. The first-order valence-corrected chi connectivity index (χ1v) is 6.53. The van der Waals surface area contributed by atoms with Gasteiger partial charge in [-0.05, 0) is 25.3 Å². The second kappa shape index (κ2) is 7.68. The van der Waals surface area contributed by atoms with Crippen LogP contribution >= 0.6 is 0 Å². The Morgan fingerprint density at radius 2 is 2.20 bits per heavy atom. The molecule has 1 aliphatic heterocycles. The van der Waals surface area contributed by atoms with Gasteiger partial charge in [0.05, 0.1) is 7.11 Å². The lowest BCUT2D eigenvalue weighted by Crippen LogP contribution is -2.47. The third-order valence-corrected chi connectivity index (χ3v) is 3.37. The number of rotatable bonds is 6. The molecule has 1 rings (SSSR count). The molecule has 2 atom stereocenters. The molecule has 0 aromatic carbocycles. The maximum atomic E-state index is 11.9. The van der Waals surface area contributed by atoms with Crippen molar-refractivity contribution < 1.29 is 24.2 Å². The smallest absolute Gasteiger partial charge is 0.326 e. The Hall–Kier alpha value is -1.83. The summed E-state index contributed by atoms with van der Waals surface area (Å²) in [6.07, 6.45) is 0.769. The molecular formula is C12H21N3O5. The van der Waals surface area contributed by atoms with Gasteiger partial charge in [0.1, 0.15) is 6.04 Å². The topological polar surface area (TPSA) is 122 Å². The highest BCUT2D eigenvalue weighted by atomic mass is 16.5. The number of hydrogen-bond donors (Lipinski definition) is 3. The van der Waals surface area contributed by atoms with Crippen LogP contribution in [0.4, 0.5) is 4.79 Å². The molecule has 1 saturated heterocycles. The van der Waals surface area contributed by atoms with E-state index < -0.39 is 24.0 Å². The fourth-order valence-electron chi connectivity index (χ4n) is 2.07. The molecule has 1 unspecified atom stereocenters. The van der Waals surface area contributed by atoms with Crippen molar-refractivity contribution in [1.29, 1.82) is 0 Å². The third kappa shape index (κ3) is 4.69. The molecule has 4 N–H and O–H groups in total. The molecule has 1 fully saturated rings. The van der Waals surface area contributed by atoms with E-state index in [2.05, 4.69) is 10.1 Å². The summed E-state index contributed by atoms with van der Waals surface area (Å²) in [7, 11) is 1.23. The van der Waals surface area contributed by atoms with Crippen molar-refractivity contribution in [1.82, 2.24) is 10.2 Å². The molecule has 8 nitrogen and oxygen atoms in total. The zero-order chi connectivity index (χ0) is 15.1. The van der Waals surface area contributed by atoms with Crippen LogP contribution < -0.4 is 11.1 Å². The fraction of sp³-hybridized carbons (Fsp3) is 0.750. The predicted octanol–water partition coefficient (Wildman–Crippen LogP) is -0.617. The molecule has 0 aromatic rings. The van der Waals surface area contributed by atoms with E-state index in [9.17, 15) is 14.4 Å². The quantitative estimate of drug-likeness (QED) is 0.560. The number of methoxy groups -OCH3 is 1. The van der Waals surface area contributed by atoms with Crippen molar-refractivity contribution in [2.75, 3.05) is 26.7 Å². The standard InChI is InChI=1S/C12H21N3O5/c1-20-10(16)3-2-9(11(17)18)14-12(19)15-5-4-8(6-13)7-15/h8-9H,2-7,13H2,1H3,(H,14,19)(H,17,18)/t8?,9-/m0/s1. The minimum Gasteiger partial charge on any atom is -0.480 e. The van der Waals surface area contributed by atoms with Crippen molar-refractivity contribution in [2.45, 2.75) is 25.3 Å². The van der Waals surface area contributed by atoms with E-state index in [1.807, 2.05) is 0 Å². The highest BCUT2D eigenvalue weighted by Crippen LogP contribution is 2.15. The second-order valence-corrected chi connectivity index (χ2v) is 4.79. The van der Waals surface area contributed by atoms with Gasteiger partial charge < -0.3 is 25.8 Å². The number of esters is 1. The summed E-state index contributed by atoms with van der Waals surface area (Å²) in [6, 6.07) is -1.53. The van der Waals surface area contributed by atoms with E-state index in [0.717, 1.165) is 6.42 Å². The minimum absolute atomic E-state index is 0.00189. The lowest BCUT2D eigenvalue weighted by Gasteiger charge is -2.20. The Morgan fingerprint density at radius 1 is 1.50 bits per heavy atom. The molecule has 1 heterocycles. The van der Waals surface area contributed by atoms with Gasteiger partial charge in [-0.2, -0.15) is 0 Å².